The number of benzene rings is 4. The second-order valence-corrected chi connectivity index (χ2v) is 6.53. The summed E-state index contributed by atoms with van der Waals surface area (Å²) in [4.78, 5) is 0. The van der Waals surface area contributed by atoms with Crippen LogP contribution >= 0.6 is 0 Å². The van der Waals surface area contributed by atoms with Crippen LogP contribution in [0.25, 0.3) is 43.5 Å². The van der Waals surface area contributed by atoms with Gasteiger partial charge in [0.25, 0.3) is 0 Å². The Morgan fingerprint density at radius 2 is 1.38 bits per heavy atom. The standard InChI is InChI=1S/C22H16O2/c1-12-4-3-5-14-8-18-19-9-15-6-7-20(23)13(2)17(15)11-22(19)24-21(18)10-16(12)14/h3-11,23H,1-2H3. The fourth-order valence-electron chi connectivity index (χ4n) is 3.66. The molecule has 0 radical (unpaired) electrons. The largest absolute Gasteiger partial charge is 0.508 e. The van der Waals surface area contributed by atoms with Gasteiger partial charge < -0.3 is 9.52 Å². The van der Waals surface area contributed by atoms with Crippen LogP contribution in [0.4, 0.5) is 0 Å². The fourth-order valence-corrected chi connectivity index (χ4v) is 3.66. The van der Waals surface area contributed by atoms with Crippen molar-refractivity contribution in [2.75, 3.05) is 0 Å². The Balaban J connectivity index is 1.97. The molecule has 1 N–H and O–H groups in total. The predicted molar refractivity (Wildman–Crippen MR) is 99.9 cm³/mol. The average Bonchev–Trinajstić information content (AvgIpc) is 2.92. The van der Waals surface area contributed by atoms with E-state index in [9.17, 15) is 5.11 Å². The van der Waals surface area contributed by atoms with Crippen molar-refractivity contribution in [2.24, 2.45) is 0 Å². The number of aromatic hydroxyl groups is 1. The average molecular weight is 312 g/mol. The molecule has 4 aromatic carbocycles. The van der Waals surface area contributed by atoms with Crippen molar-refractivity contribution in [2.45, 2.75) is 13.8 Å². The van der Waals surface area contributed by atoms with E-state index < -0.39 is 0 Å². The third kappa shape index (κ3) is 1.71. The maximum atomic E-state index is 9.96. The quantitative estimate of drug-likeness (QED) is 0.368. The SMILES string of the molecule is Cc1cccc2cc3c(cc12)oc1cc2c(C)c(O)ccc2cc13. The molecule has 116 valence electrons. The second-order valence-electron chi connectivity index (χ2n) is 6.53. The van der Waals surface area contributed by atoms with Crippen molar-refractivity contribution >= 4 is 43.5 Å². The zero-order valence-electron chi connectivity index (χ0n) is 13.6. The van der Waals surface area contributed by atoms with Gasteiger partial charge in [-0.3, -0.25) is 0 Å². The lowest BCUT2D eigenvalue weighted by atomic mass is 10.00. The monoisotopic (exact) mass is 312 g/mol. The number of hydrogen-bond donors (Lipinski definition) is 1. The molecule has 0 atom stereocenters. The number of furan rings is 1. The van der Waals surface area contributed by atoms with Crippen molar-refractivity contribution in [3.05, 3.63) is 65.7 Å². The Hall–Kier alpha value is -3.00. The summed E-state index contributed by atoms with van der Waals surface area (Å²) in [7, 11) is 0. The highest BCUT2D eigenvalue weighted by molar-refractivity contribution is 6.14. The van der Waals surface area contributed by atoms with Crippen molar-refractivity contribution in [1.29, 1.82) is 0 Å². The molecule has 1 heterocycles. The van der Waals surface area contributed by atoms with Crippen molar-refractivity contribution in [3.63, 3.8) is 0 Å². The van der Waals surface area contributed by atoms with E-state index in [4.69, 9.17) is 4.42 Å². The van der Waals surface area contributed by atoms with E-state index in [0.29, 0.717) is 5.75 Å². The second kappa shape index (κ2) is 4.51. The minimum absolute atomic E-state index is 0.319. The molecule has 1 aromatic heterocycles. The van der Waals surface area contributed by atoms with E-state index in [1.165, 1.54) is 16.3 Å². The fraction of sp³-hybridized carbons (Fsp3) is 0.0909. The van der Waals surface area contributed by atoms with Gasteiger partial charge in [-0.1, -0.05) is 24.3 Å². The summed E-state index contributed by atoms with van der Waals surface area (Å²) < 4.78 is 6.14. The van der Waals surface area contributed by atoms with E-state index in [2.05, 4.69) is 43.3 Å². The van der Waals surface area contributed by atoms with Crippen LogP contribution in [0.15, 0.2) is 59.0 Å². The summed E-state index contributed by atoms with van der Waals surface area (Å²) in [6.45, 7) is 4.06. The van der Waals surface area contributed by atoms with Crippen molar-refractivity contribution < 1.29 is 9.52 Å². The lowest BCUT2D eigenvalue weighted by Gasteiger charge is -2.04. The molecule has 0 fully saturated rings. The summed E-state index contributed by atoms with van der Waals surface area (Å²) in [6.07, 6.45) is 0. The summed E-state index contributed by atoms with van der Waals surface area (Å²) in [6, 6.07) is 18.6. The van der Waals surface area contributed by atoms with Crippen LogP contribution in [-0.4, -0.2) is 5.11 Å². The van der Waals surface area contributed by atoms with Crippen LogP contribution in [-0.2, 0) is 0 Å². The molecule has 24 heavy (non-hydrogen) atoms. The van der Waals surface area contributed by atoms with Gasteiger partial charge >= 0.3 is 0 Å². The first-order chi connectivity index (χ1) is 11.6. The molecule has 2 nitrogen and oxygen atoms in total. The number of phenolic OH excluding ortho intramolecular Hbond substituents is 1. The van der Waals surface area contributed by atoms with Crippen LogP contribution in [0.1, 0.15) is 11.1 Å². The Morgan fingerprint density at radius 1 is 0.708 bits per heavy atom. The molecule has 0 amide bonds. The van der Waals surface area contributed by atoms with E-state index in [1.54, 1.807) is 6.07 Å². The number of fused-ring (bicyclic) bond motifs is 5. The number of rotatable bonds is 0. The molecule has 0 aliphatic carbocycles. The molecule has 2 heteroatoms. The molecule has 0 spiro atoms. The van der Waals surface area contributed by atoms with Gasteiger partial charge in [0.1, 0.15) is 16.9 Å². The lowest BCUT2D eigenvalue weighted by Crippen LogP contribution is -1.80. The lowest BCUT2D eigenvalue weighted by molar-refractivity contribution is 0.472. The van der Waals surface area contributed by atoms with Crippen molar-refractivity contribution in [1.82, 2.24) is 0 Å². The molecule has 5 rings (SSSR count). The van der Waals surface area contributed by atoms with Crippen LogP contribution in [0.2, 0.25) is 0 Å². The third-order valence-corrected chi connectivity index (χ3v) is 5.07. The van der Waals surface area contributed by atoms with Gasteiger partial charge in [-0.15, -0.1) is 0 Å². The maximum Gasteiger partial charge on any atom is 0.136 e. The first-order valence-electron chi connectivity index (χ1n) is 8.10. The van der Waals surface area contributed by atoms with Crippen molar-refractivity contribution in [3.8, 4) is 5.75 Å². The Kier molecular flexibility index (Phi) is 2.53. The summed E-state index contributed by atoms with van der Waals surface area (Å²) in [5, 5.41) is 16.8. The van der Waals surface area contributed by atoms with E-state index in [-0.39, 0.29) is 0 Å². The predicted octanol–water partition coefficient (Wildman–Crippen LogP) is 6.21. The summed E-state index contributed by atoms with van der Waals surface area (Å²) in [5.41, 5.74) is 3.90. The molecule has 0 saturated carbocycles. The molecule has 5 aromatic rings. The topological polar surface area (TPSA) is 33.4 Å². The first-order valence-corrected chi connectivity index (χ1v) is 8.10. The zero-order valence-corrected chi connectivity index (χ0v) is 13.6. The summed E-state index contributed by atoms with van der Waals surface area (Å²) >= 11 is 0. The van der Waals surface area contributed by atoms with Crippen LogP contribution in [0, 0.1) is 13.8 Å². The molecule has 0 aliphatic heterocycles. The van der Waals surface area contributed by atoms with Crippen LogP contribution < -0.4 is 0 Å². The van der Waals surface area contributed by atoms with Gasteiger partial charge in [-0.05, 0) is 76.9 Å². The molecule has 0 unspecified atom stereocenters. The van der Waals surface area contributed by atoms with E-state index in [1.807, 2.05) is 19.1 Å². The Bertz CT molecular complexity index is 1280. The third-order valence-electron chi connectivity index (χ3n) is 5.07. The maximum absolute atomic E-state index is 9.96. The van der Waals surface area contributed by atoms with Gasteiger partial charge in [0, 0.05) is 10.8 Å². The highest BCUT2D eigenvalue weighted by Crippen LogP contribution is 2.37. The highest BCUT2D eigenvalue weighted by atomic mass is 16.3. The molecule has 0 saturated heterocycles. The molecule has 0 aliphatic rings. The zero-order chi connectivity index (χ0) is 16.4. The Labute approximate surface area is 138 Å². The molecular weight excluding hydrogens is 296 g/mol. The summed E-state index contributed by atoms with van der Waals surface area (Å²) in [5.74, 6) is 0.319. The van der Waals surface area contributed by atoms with Crippen LogP contribution in [0.5, 0.6) is 5.75 Å². The van der Waals surface area contributed by atoms with Crippen LogP contribution in [0.3, 0.4) is 0 Å². The van der Waals surface area contributed by atoms with Gasteiger partial charge in [0.15, 0.2) is 0 Å². The van der Waals surface area contributed by atoms with Gasteiger partial charge in [0.2, 0.25) is 0 Å². The minimum atomic E-state index is 0.319. The number of hydrogen-bond acceptors (Lipinski definition) is 2. The van der Waals surface area contributed by atoms with Gasteiger partial charge in [-0.25, -0.2) is 0 Å². The minimum Gasteiger partial charge on any atom is -0.508 e. The normalized spacial score (nSPS) is 11.9. The van der Waals surface area contributed by atoms with E-state index in [0.717, 1.165) is 38.3 Å². The van der Waals surface area contributed by atoms with Gasteiger partial charge in [-0.2, -0.15) is 0 Å². The number of aryl methyl sites for hydroxylation is 2. The smallest absolute Gasteiger partial charge is 0.136 e. The Morgan fingerprint density at radius 3 is 2.12 bits per heavy atom. The molecule has 0 bridgehead atoms. The van der Waals surface area contributed by atoms with Gasteiger partial charge in [0.05, 0.1) is 0 Å². The first kappa shape index (κ1) is 13.4. The molecular formula is C22H16O2. The highest BCUT2D eigenvalue weighted by Gasteiger charge is 2.12. The number of phenols is 1. The van der Waals surface area contributed by atoms with E-state index >= 15 is 0 Å².